The summed E-state index contributed by atoms with van der Waals surface area (Å²) >= 11 is 1.34. The second-order valence-electron chi connectivity index (χ2n) is 3.79. The Bertz CT molecular complexity index is 570. The molecular weight excluding hydrogens is 264 g/mol. The van der Waals surface area contributed by atoms with Crippen LogP contribution in [0.4, 0.5) is 5.69 Å². The smallest absolute Gasteiger partial charge is 0.234 e. The number of aryl methyl sites for hydroxylation is 1. The SMILES string of the molecule is COc1cccc(NC(=O)CSc2nncn2C)c1. The number of carbonyl (C=O) groups excluding carboxylic acids is 1. The van der Waals surface area contributed by atoms with Gasteiger partial charge in [-0.15, -0.1) is 10.2 Å². The van der Waals surface area contributed by atoms with Crippen LogP contribution in [0.2, 0.25) is 0 Å². The van der Waals surface area contributed by atoms with Crippen LogP contribution in [0.25, 0.3) is 0 Å². The summed E-state index contributed by atoms with van der Waals surface area (Å²) in [4.78, 5) is 11.8. The Balaban J connectivity index is 1.89. The minimum absolute atomic E-state index is 0.0961. The molecule has 100 valence electrons. The monoisotopic (exact) mass is 278 g/mol. The van der Waals surface area contributed by atoms with Crippen LogP contribution in [0.3, 0.4) is 0 Å². The van der Waals surface area contributed by atoms with Crippen molar-refractivity contribution in [2.45, 2.75) is 5.16 Å². The van der Waals surface area contributed by atoms with Crippen molar-refractivity contribution in [3.8, 4) is 5.75 Å². The van der Waals surface area contributed by atoms with Crippen molar-refractivity contribution in [3.63, 3.8) is 0 Å². The molecule has 0 aliphatic rings. The molecular formula is C12H14N4O2S. The van der Waals surface area contributed by atoms with E-state index >= 15 is 0 Å². The van der Waals surface area contributed by atoms with Crippen LogP contribution in [0.15, 0.2) is 35.7 Å². The first-order chi connectivity index (χ1) is 9.19. The van der Waals surface area contributed by atoms with E-state index in [1.165, 1.54) is 11.8 Å². The van der Waals surface area contributed by atoms with E-state index in [-0.39, 0.29) is 11.7 Å². The molecule has 19 heavy (non-hydrogen) atoms. The van der Waals surface area contributed by atoms with Gasteiger partial charge in [-0.2, -0.15) is 0 Å². The predicted octanol–water partition coefficient (Wildman–Crippen LogP) is 1.55. The number of benzene rings is 1. The van der Waals surface area contributed by atoms with Crippen molar-refractivity contribution in [2.24, 2.45) is 7.05 Å². The molecule has 1 aromatic heterocycles. The van der Waals surface area contributed by atoms with E-state index in [0.717, 1.165) is 0 Å². The molecule has 1 heterocycles. The van der Waals surface area contributed by atoms with Crippen molar-refractivity contribution >= 4 is 23.4 Å². The summed E-state index contributed by atoms with van der Waals surface area (Å²) < 4.78 is 6.86. The molecule has 2 aromatic rings. The number of amides is 1. The van der Waals surface area contributed by atoms with Gasteiger partial charge < -0.3 is 14.6 Å². The highest BCUT2D eigenvalue weighted by Crippen LogP contribution is 2.18. The zero-order valence-electron chi connectivity index (χ0n) is 10.7. The molecule has 7 heteroatoms. The largest absolute Gasteiger partial charge is 0.497 e. The summed E-state index contributed by atoms with van der Waals surface area (Å²) in [5.41, 5.74) is 0.711. The molecule has 0 saturated carbocycles. The van der Waals surface area contributed by atoms with Crippen molar-refractivity contribution in [2.75, 3.05) is 18.2 Å². The normalized spacial score (nSPS) is 10.2. The lowest BCUT2D eigenvalue weighted by Gasteiger charge is -2.06. The summed E-state index contributed by atoms with van der Waals surface area (Å²) in [6.07, 6.45) is 1.60. The number of methoxy groups -OCH3 is 1. The van der Waals surface area contributed by atoms with Gasteiger partial charge in [-0.25, -0.2) is 0 Å². The Labute approximate surface area is 115 Å². The van der Waals surface area contributed by atoms with Crippen molar-refractivity contribution in [3.05, 3.63) is 30.6 Å². The average molecular weight is 278 g/mol. The number of aromatic nitrogens is 3. The highest BCUT2D eigenvalue weighted by atomic mass is 32.2. The Morgan fingerprint density at radius 2 is 2.37 bits per heavy atom. The fourth-order valence-corrected chi connectivity index (χ4v) is 2.12. The minimum atomic E-state index is -0.0961. The summed E-state index contributed by atoms with van der Waals surface area (Å²) in [5.74, 6) is 0.893. The van der Waals surface area contributed by atoms with Gasteiger partial charge in [0.05, 0.1) is 12.9 Å². The molecule has 1 amide bonds. The van der Waals surface area contributed by atoms with E-state index < -0.39 is 0 Å². The van der Waals surface area contributed by atoms with Gasteiger partial charge >= 0.3 is 0 Å². The average Bonchev–Trinajstić information content (AvgIpc) is 2.82. The summed E-state index contributed by atoms with van der Waals surface area (Å²) in [7, 11) is 3.42. The fraction of sp³-hybridized carbons (Fsp3) is 0.250. The van der Waals surface area contributed by atoms with Crippen LogP contribution in [0, 0.1) is 0 Å². The van der Waals surface area contributed by atoms with Gasteiger partial charge in [0, 0.05) is 18.8 Å². The van der Waals surface area contributed by atoms with Crippen LogP contribution in [-0.2, 0) is 11.8 Å². The van der Waals surface area contributed by atoms with E-state index in [2.05, 4.69) is 15.5 Å². The molecule has 0 aliphatic heterocycles. The predicted molar refractivity (Wildman–Crippen MR) is 73.4 cm³/mol. The molecule has 0 saturated heterocycles. The van der Waals surface area contributed by atoms with Crippen molar-refractivity contribution < 1.29 is 9.53 Å². The topological polar surface area (TPSA) is 69.0 Å². The highest BCUT2D eigenvalue weighted by Gasteiger charge is 2.07. The number of hydrogen-bond donors (Lipinski definition) is 1. The third kappa shape index (κ3) is 3.72. The number of nitrogens with zero attached hydrogens (tertiary/aromatic N) is 3. The number of rotatable bonds is 5. The van der Waals surface area contributed by atoms with Gasteiger partial charge in [-0.05, 0) is 12.1 Å². The number of thioether (sulfide) groups is 1. The lowest BCUT2D eigenvalue weighted by molar-refractivity contribution is -0.113. The van der Waals surface area contributed by atoms with Crippen LogP contribution in [0.1, 0.15) is 0 Å². The zero-order chi connectivity index (χ0) is 13.7. The number of nitrogens with one attached hydrogen (secondary N) is 1. The van der Waals surface area contributed by atoms with Crippen LogP contribution in [0.5, 0.6) is 5.75 Å². The quantitative estimate of drug-likeness (QED) is 0.840. The first-order valence-corrected chi connectivity index (χ1v) is 6.58. The van der Waals surface area contributed by atoms with E-state index in [0.29, 0.717) is 16.6 Å². The van der Waals surface area contributed by atoms with Gasteiger partial charge in [-0.1, -0.05) is 17.8 Å². The van der Waals surface area contributed by atoms with E-state index in [1.54, 1.807) is 24.1 Å². The number of anilines is 1. The lowest BCUT2D eigenvalue weighted by Crippen LogP contribution is -2.14. The lowest BCUT2D eigenvalue weighted by atomic mass is 10.3. The first-order valence-electron chi connectivity index (χ1n) is 5.60. The molecule has 2 rings (SSSR count). The van der Waals surface area contributed by atoms with E-state index in [4.69, 9.17) is 4.74 Å². The van der Waals surface area contributed by atoms with Gasteiger partial charge in [-0.3, -0.25) is 4.79 Å². The maximum atomic E-state index is 11.8. The van der Waals surface area contributed by atoms with Crippen molar-refractivity contribution in [1.82, 2.24) is 14.8 Å². The number of carbonyl (C=O) groups is 1. The molecule has 0 atom stereocenters. The Kier molecular flexibility index (Phi) is 4.40. The second-order valence-corrected chi connectivity index (χ2v) is 4.74. The molecule has 0 radical (unpaired) electrons. The summed E-state index contributed by atoms with van der Waals surface area (Å²) in [6.45, 7) is 0. The van der Waals surface area contributed by atoms with Crippen LogP contribution >= 0.6 is 11.8 Å². The van der Waals surface area contributed by atoms with Crippen LogP contribution in [-0.4, -0.2) is 33.5 Å². The number of ether oxygens (including phenoxy) is 1. The number of hydrogen-bond acceptors (Lipinski definition) is 5. The second kappa shape index (κ2) is 6.24. The molecule has 0 bridgehead atoms. The third-order valence-electron chi connectivity index (χ3n) is 2.36. The van der Waals surface area contributed by atoms with Gasteiger partial charge in [0.1, 0.15) is 12.1 Å². The molecule has 1 aromatic carbocycles. The Morgan fingerprint density at radius 1 is 1.53 bits per heavy atom. The Morgan fingerprint density at radius 3 is 3.05 bits per heavy atom. The van der Waals surface area contributed by atoms with Gasteiger partial charge in [0.15, 0.2) is 5.16 Å². The maximum absolute atomic E-state index is 11.8. The Hall–Kier alpha value is -2.02. The van der Waals surface area contributed by atoms with Gasteiger partial charge in [0.25, 0.3) is 0 Å². The maximum Gasteiger partial charge on any atom is 0.234 e. The van der Waals surface area contributed by atoms with Gasteiger partial charge in [0.2, 0.25) is 5.91 Å². The molecule has 0 aliphatic carbocycles. The van der Waals surface area contributed by atoms with Crippen molar-refractivity contribution in [1.29, 1.82) is 0 Å². The standard InChI is InChI=1S/C12H14N4O2S/c1-16-8-13-15-12(16)19-7-11(17)14-9-4-3-5-10(6-9)18-2/h3-6,8H,7H2,1-2H3,(H,14,17). The fourth-order valence-electron chi connectivity index (χ4n) is 1.43. The van der Waals surface area contributed by atoms with E-state index in [9.17, 15) is 4.79 Å². The molecule has 1 N–H and O–H groups in total. The highest BCUT2D eigenvalue weighted by molar-refractivity contribution is 7.99. The first kappa shape index (κ1) is 13.4. The third-order valence-corrected chi connectivity index (χ3v) is 3.39. The molecule has 0 fully saturated rings. The van der Waals surface area contributed by atoms with E-state index in [1.807, 2.05) is 25.2 Å². The zero-order valence-corrected chi connectivity index (χ0v) is 11.5. The minimum Gasteiger partial charge on any atom is -0.497 e. The van der Waals surface area contributed by atoms with Crippen LogP contribution < -0.4 is 10.1 Å². The molecule has 0 unspecified atom stereocenters. The molecule has 0 spiro atoms. The summed E-state index contributed by atoms with van der Waals surface area (Å²) in [5, 5.41) is 11.2. The summed E-state index contributed by atoms with van der Waals surface area (Å²) in [6, 6.07) is 7.23. The molecule has 6 nitrogen and oxygen atoms in total.